The van der Waals surface area contributed by atoms with Gasteiger partial charge in [-0.15, -0.1) is 0 Å². The number of carbonyl (C=O) groups is 1. The van der Waals surface area contributed by atoms with Crippen molar-refractivity contribution in [3.8, 4) is 0 Å². The smallest absolute Gasteiger partial charge is 0.326 e. The van der Waals surface area contributed by atoms with Crippen molar-refractivity contribution in [1.29, 1.82) is 0 Å². The normalized spacial score (nSPS) is 22.0. The summed E-state index contributed by atoms with van der Waals surface area (Å²) in [6.45, 7) is 0. The van der Waals surface area contributed by atoms with E-state index in [1.807, 2.05) is 24.3 Å². The molecule has 0 heterocycles. The summed E-state index contributed by atoms with van der Waals surface area (Å²) in [5, 5.41) is 2.73. The molecule has 0 radical (unpaired) electrons. The van der Waals surface area contributed by atoms with E-state index >= 15 is 0 Å². The number of alkyl halides is 3. The standard InChI is InChI=1S/C24H18F3NO/c25-24(26,27)14-6-5-7-15(12-14)28-23(29)21-13-20-16-8-1-3-10-18(16)22(21)19-11-4-2-9-17(19)20/h1-12,20-22H,13H2,(H,28,29)/t20?,21-,22?/m1/s1. The molecule has 6 rings (SSSR count). The van der Waals surface area contributed by atoms with Crippen molar-refractivity contribution in [2.45, 2.75) is 24.4 Å². The van der Waals surface area contributed by atoms with Gasteiger partial charge in [0.15, 0.2) is 0 Å². The molecule has 29 heavy (non-hydrogen) atoms. The van der Waals surface area contributed by atoms with Crippen molar-refractivity contribution >= 4 is 11.6 Å². The Morgan fingerprint density at radius 3 is 2.00 bits per heavy atom. The first-order valence-electron chi connectivity index (χ1n) is 9.59. The molecule has 0 saturated heterocycles. The second-order valence-electron chi connectivity index (χ2n) is 7.70. The van der Waals surface area contributed by atoms with Crippen molar-refractivity contribution in [1.82, 2.24) is 0 Å². The van der Waals surface area contributed by atoms with Crippen molar-refractivity contribution in [3.63, 3.8) is 0 Å². The highest BCUT2D eigenvalue weighted by Crippen LogP contribution is 2.55. The predicted octanol–water partition coefficient (Wildman–Crippen LogP) is 5.94. The van der Waals surface area contributed by atoms with E-state index in [0.717, 1.165) is 23.3 Å². The quantitative estimate of drug-likeness (QED) is 0.573. The fourth-order valence-corrected chi connectivity index (χ4v) is 4.90. The minimum atomic E-state index is -4.44. The maximum absolute atomic E-state index is 13.1. The summed E-state index contributed by atoms with van der Waals surface area (Å²) in [5.41, 5.74) is 4.20. The average Bonchev–Trinajstić information content (AvgIpc) is 2.73. The molecule has 1 amide bonds. The third kappa shape index (κ3) is 2.92. The van der Waals surface area contributed by atoms with Crippen LogP contribution in [-0.4, -0.2) is 5.91 Å². The van der Waals surface area contributed by atoms with Gasteiger partial charge < -0.3 is 5.32 Å². The Hall–Kier alpha value is -3.08. The van der Waals surface area contributed by atoms with Crippen LogP contribution in [0.4, 0.5) is 18.9 Å². The topological polar surface area (TPSA) is 29.1 Å². The molecular formula is C24H18F3NO. The van der Waals surface area contributed by atoms with Gasteiger partial charge in [0.2, 0.25) is 5.91 Å². The van der Waals surface area contributed by atoms with Gasteiger partial charge in [0.05, 0.1) is 11.5 Å². The summed E-state index contributed by atoms with van der Waals surface area (Å²) < 4.78 is 39.0. The Bertz CT molecular complexity index is 1060. The molecule has 1 N–H and O–H groups in total. The molecule has 0 aliphatic heterocycles. The molecule has 0 aromatic heterocycles. The third-order valence-corrected chi connectivity index (χ3v) is 6.10. The Labute approximate surface area is 166 Å². The second kappa shape index (κ2) is 6.48. The number of halogens is 3. The van der Waals surface area contributed by atoms with Crippen LogP contribution in [0, 0.1) is 5.92 Å². The second-order valence-corrected chi connectivity index (χ2v) is 7.70. The molecule has 0 unspecified atom stereocenters. The molecule has 3 aliphatic rings. The molecule has 5 heteroatoms. The Morgan fingerprint density at radius 2 is 1.41 bits per heavy atom. The lowest BCUT2D eigenvalue weighted by Gasteiger charge is -2.44. The molecule has 2 bridgehead atoms. The summed E-state index contributed by atoms with van der Waals surface area (Å²) >= 11 is 0. The van der Waals surface area contributed by atoms with Crippen molar-refractivity contribution in [3.05, 3.63) is 101 Å². The highest BCUT2D eigenvalue weighted by atomic mass is 19.4. The molecule has 0 spiro atoms. The van der Waals surface area contributed by atoms with E-state index < -0.39 is 11.7 Å². The van der Waals surface area contributed by atoms with Crippen molar-refractivity contribution in [2.75, 3.05) is 5.32 Å². The van der Waals surface area contributed by atoms with Crippen LogP contribution in [0.1, 0.15) is 46.1 Å². The molecule has 1 atom stereocenters. The third-order valence-electron chi connectivity index (χ3n) is 6.10. The van der Waals surface area contributed by atoms with E-state index in [1.165, 1.54) is 23.3 Å². The van der Waals surface area contributed by atoms with E-state index in [0.29, 0.717) is 6.42 Å². The van der Waals surface area contributed by atoms with Gasteiger partial charge in [-0.3, -0.25) is 4.79 Å². The Kier molecular flexibility index (Phi) is 4.02. The maximum atomic E-state index is 13.1. The first-order valence-corrected chi connectivity index (χ1v) is 9.59. The van der Waals surface area contributed by atoms with Gasteiger partial charge in [0.25, 0.3) is 0 Å². The highest BCUT2D eigenvalue weighted by molar-refractivity contribution is 5.94. The zero-order chi connectivity index (χ0) is 20.2. The van der Waals surface area contributed by atoms with Crippen LogP contribution in [0.5, 0.6) is 0 Å². The van der Waals surface area contributed by atoms with Crippen LogP contribution in [0.25, 0.3) is 0 Å². The number of hydrogen-bond donors (Lipinski definition) is 1. The number of carbonyl (C=O) groups excluding carboxylic acids is 1. The van der Waals surface area contributed by atoms with E-state index in [9.17, 15) is 18.0 Å². The van der Waals surface area contributed by atoms with E-state index in [2.05, 4.69) is 29.6 Å². The summed E-state index contributed by atoms with van der Waals surface area (Å²) in [6, 6.07) is 21.1. The summed E-state index contributed by atoms with van der Waals surface area (Å²) in [5.74, 6) is -0.509. The number of amides is 1. The van der Waals surface area contributed by atoms with E-state index in [-0.39, 0.29) is 29.3 Å². The van der Waals surface area contributed by atoms with E-state index in [4.69, 9.17) is 0 Å². The van der Waals surface area contributed by atoms with Gasteiger partial charge >= 0.3 is 6.18 Å². The number of rotatable bonds is 2. The van der Waals surface area contributed by atoms with Gasteiger partial charge in [-0.1, -0.05) is 54.6 Å². The van der Waals surface area contributed by atoms with Gasteiger partial charge in [0, 0.05) is 17.5 Å². The number of benzene rings is 3. The lowest BCUT2D eigenvalue weighted by molar-refractivity contribution is -0.137. The fourth-order valence-electron chi connectivity index (χ4n) is 4.90. The highest BCUT2D eigenvalue weighted by Gasteiger charge is 2.46. The van der Waals surface area contributed by atoms with Gasteiger partial charge in [-0.05, 0) is 46.9 Å². The fraction of sp³-hybridized carbons (Fsp3) is 0.208. The first-order chi connectivity index (χ1) is 13.9. The monoisotopic (exact) mass is 393 g/mol. The van der Waals surface area contributed by atoms with Crippen LogP contribution in [-0.2, 0) is 11.0 Å². The Balaban J connectivity index is 1.50. The molecule has 0 saturated carbocycles. The van der Waals surface area contributed by atoms with Gasteiger partial charge in [0.1, 0.15) is 0 Å². The molecule has 2 nitrogen and oxygen atoms in total. The summed E-state index contributed by atoms with van der Waals surface area (Å²) in [6.07, 6.45) is -3.79. The molecule has 0 fully saturated rings. The minimum absolute atomic E-state index is 0.0850. The van der Waals surface area contributed by atoms with Gasteiger partial charge in [-0.2, -0.15) is 13.2 Å². The largest absolute Gasteiger partial charge is 0.416 e. The number of hydrogen-bond acceptors (Lipinski definition) is 1. The first kappa shape index (κ1) is 18.0. The Morgan fingerprint density at radius 1 is 0.828 bits per heavy atom. The summed E-state index contributed by atoms with van der Waals surface area (Å²) in [4.78, 5) is 13.1. The molecule has 3 aromatic rings. The average molecular weight is 393 g/mol. The SMILES string of the molecule is O=C(Nc1cccc(C(F)(F)F)c1)[C@@H]1CC2c3ccccc3C1c1ccccc12. The minimum Gasteiger partial charge on any atom is -0.326 e. The number of nitrogens with one attached hydrogen (secondary N) is 1. The number of fused-ring (bicyclic) bond motifs is 1. The maximum Gasteiger partial charge on any atom is 0.416 e. The van der Waals surface area contributed by atoms with Gasteiger partial charge in [-0.25, -0.2) is 0 Å². The predicted molar refractivity (Wildman–Crippen MR) is 105 cm³/mol. The van der Waals surface area contributed by atoms with Crippen LogP contribution in [0.15, 0.2) is 72.8 Å². The molecule has 3 aromatic carbocycles. The zero-order valence-corrected chi connectivity index (χ0v) is 15.4. The van der Waals surface area contributed by atoms with Crippen LogP contribution >= 0.6 is 0 Å². The van der Waals surface area contributed by atoms with Crippen molar-refractivity contribution in [2.24, 2.45) is 5.92 Å². The molecule has 3 aliphatic carbocycles. The van der Waals surface area contributed by atoms with Crippen LogP contribution in [0.3, 0.4) is 0 Å². The lowest BCUT2D eigenvalue weighted by Crippen LogP contribution is -2.38. The lowest BCUT2D eigenvalue weighted by atomic mass is 9.59. The zero-order valence-electron chi connectivity index (χ0n) is 15.4. The molecule has 146 valence electrons. The summed E-state index contributed by atoms with van der Waals surface area (Å²) in [7, 11) is 0. The van der Waals surface area contributed by atoms with Crippen LogP contribution < -0.4 is 5.32 Å². The molecular weight excluding hydrogens is 375 g/mol. The van der Waals surface area contributed by atoms with Crippen LogP contribution in [0.2, 0.25) is 0 Å². The van der Waals surface area contributed by atoms with E-state index in [1.54, 1.807) is 0 Å². The van der Waals surface area contributed by atoms with Crippen molar-refractivity contribution < 1.29 is 18.0 Å². The number of anilines is 1.